The first-order valence-electron chi connectivity index (χ1n) is 12.2. The average molecular weight is 511 g/mol. The molecule has 5 rings (SSSR count). The number of amides is 2. The molecule has 0 spiro atoms. The van der Waals surface area contributed by atoms with E-state index in [9.17, 15) is 9.59 Å². The Morgan fingerprint density at radius 2 is 1.65 bits per heavy atom. The first kappa shape index (κ1) is 24.6. The van der Waals surface area contributed by atoms with Crippen LogP contribution in [0.15, 0.2) is 97.1 Å². The van der Waals surface area contributed by atoms with Crippen LogP contribution in [0.4, 0.5) is 11.4 Å². The number of hydrogen-bond acceptors (Lipinski definition) is 3. The standard InChI is InChI=1S/C31H27ClN2O3/c1-20-17-27(28-19-22(32)15-16-26(28)30(35)33-23-10-4-3-5-11-23)25-13-6-7-14-29(25)34(20)31(36)21-9-8-12-24(18-21)37-2/h3-16,18-20,27H,17H2,1-2H3,(H,33,35)/t20-,27+/m0/s1. The lowest BCUT2D eigenvalue weighted by molar-refractivity contribution is 0.0971. The SMILES string of the molecule is COc1cccc(C(=O)N2c3ccccc3[C@H](c3cc(Cl)ccc3C(=O)Nc3ccccc3)C[C@@H]2C)c1. The smallest absolute Gasteiger partial charge is 0.258 e. The number of hydrogen-bond donors (Lipinski definition) is 1. The van der Waals surface area contributed by atoms with Gasteiger partial charge in [-0.1, -0.05) is 54.1 Å². The predicted octanol–water partition coefficient (Wildman–Crippen LogP) is 7.17. The first-order valence-corrected chi connectivity index (χ1v) is 12.6. The van der Waals surface area contributed by atoms with Gasteiger partial charge in [0.15, 0.2) is 0 Å². The Morgan fingerprint density at radius 1 is 0.892 bits per heavy atom. The minimum Gasteiger partial charge on any atom is -0.497 e. The summed E-state index contributed by atoms with van der Waals surface area (Å²) in [6.07, 6.45) is 0.638. The maximum Gasteiger partial charge on any atom is 0.258 e. The van der Waals surface area contributed by atoms with Crippen LogP contribution in [0.25, 0.3) is 0 Å². The highest BCUT2D eigenvalue weighted by molar-refractivity contribution is 6.30. The van der Waals surface area contributed by atoms with Gasteiger partial charge in [0.25, 0.3) is 11.8 Å². The zero-order valence-corrected chi connectivity index (χ0v) is 21.4. The molecule has 1 aliphatic rings. The van der Waals surface area contributed by atoms with Gasteiger partial charge in [-0.05, 0) is 79.1 Å². The number of anilines is 2. The van der Waals surface area contributed by atoms with Crippen molar-refractivity contribution in [1.82, 2.24) is 0 Å². The molecule has 1 aliphatic heterocycles. The Bertz CT molecular complexity index is 1450. The van der Waals surface area contributed by atoms with Gasteiger partial charge in [0.1, 0.15) is 5.75 Å². The molecule has 1 N–H and O–H groups in total. The minimum absolute atomic E-state index is 0.0922. The summed E-state index contributed by atoms with van der Waals surface area (Å²) in [5.74, 6) is 0.230. The van der Waals surface area contributed by atoms with Gasteiger partial charge in [-0.2, -0.15) is 0 Å². The summed E-state index contributed by atoms with van der Waals surface area (Å²) in [5.41, 5.74) is 4.49. The van der Waals surface area contributed by atoms with Crippen LogP contribution >= 0.6 is 11.6 Å². The van der Waals surface area contributed by atoms with Crippen LogP contribution in [-0.4, -0.2) is 25.0 Å². The molecule has 4 aromatic carbocycles. The fourth-order valence-electron chi connectivity index (χ4n) is 5.06. The maximum atomic E-state index is 13.7. The molecule has 1 heterocycles. The van der Waals surface area contributed by atoms with E-state index in [0.29, 0.717) is 28.3 Å². The maximum absolute atomic E-state index is 13.7. The largest absolute Gasteiger partial charge is 0.497 e. The number of ether oxygens (including phenoxy) is 1. The average Bonchev–Trinajstić information content (AvgIpc) is 2.92. The Balaban J connectivity index is 1.55. The van der Waals surface area contributed by atoms with Crippen LogP contribution in [0.5, 0.6) is 5.75 Å². The molecular weight excluding hydrogens is 484 g/mol. The molecule has 0 aliphatic carbocycles. The predicted molar refractivity (Wildman–Crippen MR) is 148 cm³/mol. The number of fused-ring (bicyclic) bond motifs is 1. The molecule has 0 fully saturated rings. The van der Waals surface area contributed by atoms with Crippen LogP contribution in [-0.2, 0) is 0 Å². The molecule has 2 amide bonds. The second kappa shape index (κ2) is 10.5. The van der Waals surface area contributed by atoms with Crippen molar-refractivity contribution < 1.29 is 14.3 Å². The summed E-state index contributed by atoms with van der Waals surface area (Å²) in [6.45, 7) is 2.04. The highest BCUT2D eigenvalue weighted by Crippen LogP contribution is 2.44. The molecule has 0 unspecified atom stereocenters. The number of halogens is 1. The van der Waals surface area contributed by atoms with Crippen molar-refractivity contribution in [2.45, 2.75) is 25.3 Å². The van der Waals surface area contributed by atoms with Crippen molar-refractivity contribution in [3.05, 3.63) is 124 Å². The quantitative estimate of drug-likeness (QED) is 0.309. The van der Waals surface area contributed by atoms with Gasteiger partial charge in [0, 0.05) is 39.5 Å². The Labute approximate surface area is 221 Å². The number of benzene rings is 4. The van der Waals surface area contributed by atoms with Crippen molar-refractivity contribution in [3.8, 4) is 5.75 Å². The topological polar surface area (TPSA) is 58.6 Å². The first-order chi connectivity index (χ1) is 18.0. The van der Waals surface area contributed by atoms with Crippen LogP contribution in [0.2, 0.25) is 5.02 Å². The van der Waals surface area contributed by atoms with Gasteiger partial charge in [-0.15, -0.1) is 0 Å². The molecule has 0 saturated carbocycles. The van der Waals surface area contributed by atoms with Crippen molar-refractivity contribution in [1.29, 1.82) is 0 Å². The summed E-state index contributed by atoms with van der Waals surface area (Å²) in [5, 5.41) is 3.55. The molecule has 4 aromatic rings. The summed E-state index contributed by atoms with van der Waals surface area (Å²) in [4.78, 5) is 28.9. The number of para-hydroxylation sites is 2. The molecule has 6 heteroatoms. The van der Waals surface area contributed by atoms with Gasteiger partial charge in [-0.3, -0.25) is 9.59 Å². The highest BCUT2D eigenvalue weighted by atomic mass is 35.5. The Hall–Kier alpha value is -4.09. The second-order valence-corrected chi connectivity index (χ2v) is 9.59. The molecule has 5 nitrogen and oxygen atoms in total. The molecule has 2 atom stereocenters. The number of carbonyl (C=O) groups is 2. The number of carbonyl (C=O) groups excluding carboxylic acids is 2. The number of methoxy groups -OCH3 is 1. The molecular formula is C31H27ClN2O3. The summed E-state index contributed by atoms with van der Waals surface area (Å²) in [6, 6.07) is 29.7. The number of rotatable bonds is 5. The van der Waals surface area contributed by atoms with Crippen molar-refractivity contribution in [2.24, 2.45) is 0 Å². The Kier molecular flexibility index (Phi) is 6.97. The summed E-state index contributed by atoms with van der Waals surface area (Å²) in [7, 11) is 1.59. The molecule has 0 radical (unpaired) electrons. The van der Waals surface area contributed by atoms with Crippen LogP contribution in [0, 0.1) is 0 Å². The van der Waals surface area contributed by atoms with E-state index in [-0.39, 0.29) is 23.8 Å². The molecule has 0 aromatic heterocycles. The molecule has 37 heavy (non-hydrogen) atoms. The van der Waals surface area contributed by atoms with Crippen molar-refractivity contribution in [3.63, 3.8) is 0 Å². The van der Waals surface area contributed by atoms with E-state index in [1.807, 2.05) is 84.6 Å². The summed E-state index contributed by atoms with van der Waals surface area (Å²) < 4.78 is 5.33. The fraction of sp³-hybridized carbons (Fsp3) is 0.161. The third kappa shape index (κ3) is 4.95. The van der Waals surface area contributed by atoms with Gasteiger partial charge in [-0.25, -0.2) is 0 Å². The lowest BCUT2D eigenvalue weighted by Gasteiger charge is -2.40. The number of nitrogens with zero attached hydrogens (tertiary/aromatic N) is 1. The number of nitrogens with one attached hydrogen (secondary N) is 1. The third-order valence-corrected chi connectivity index (χ3v) is 7.03. The zero-order valence-electron chi connectivity index (χ0n) is 20.6. The Morgan fingerprint density at radius 3 is 2.43 bits per heavy atom. The van der Waals surface area contributed by atoms with Crippen molar-refractivity contribution >= 4 is 34.8 Å². The lowest BCUT2D eigenvalue weighted by atomic mass is 9.79. The van der Waals surface area contributed by atoms with E-state index < -0.39 is 0 Å². The lowest BCUT2D eigenvalue weighted by Crippen LogP contribution is -2.43. The van der Waals surface area contributed by atoms with Gasteiger partial charge in [0.2, 0.25) is 0 Å². The van der Waals surface area contributed by atoms with Gasteiger partial charge in [0.05, 0.1) is 7.11 Å². The van der Waals surface area contributed by atoms with Crippen LogP contribution < -0.4 is 15.0 Å². The second-order valence-electron chi connectivity index (χ2n) is 9.15. The van der Waals surface area contributed by atoms with Gasteiger partial charge >= 0.3 is 0 Å². The van der Waals surface area contributed by atoms with Crippen LogP contribution in [0.3, 0.4) is 0 Å². The molecule has 186 valence electrons. The normalized spacial score (nSPS) is 16.6. The van der Waals surface area contributed by atoms with E-state index in [1.54, 1.807) is 31.4 Å². The molecule has 0 saturated heterocycles. The molecule has 0 bridgehead atoms. The minimum atomic E-state index is -0.196. The highest BCUT2D eigenvalue weighted by Gasteiger charge is 2.36. The van der Waals surface area contributed by atoms with E-state index in [2.05, 4.69) is 5.32 Å². The summed E-state index contributed by atoms with van der Waals surface area (Å²) >= 11 is 6.44. The van der Waals surface area contributed by atoms with Crippen LogP contribution in [0.1, 0.15) is 51.1 Å². The van der Waals surface area contributed by atoms with E-state index >= 15 is 0 Å². The van der Waals surface area contributed by atoms with E-state index in [0.717, 1.165) is 22.5 Å². The monoisotopic (exact) mass is 510 g/mol. The van der Waals surface area contributed by atoms with E-state index in [1.165, 1.54) is 0 Å². The van der Waals surface area contributed by atoms with E-state index in [4.69, 9.17) is 16.3 Å². The van der Waals surface area contributed by atoms with Gasteiger partial charge < -0.3 is 15.0 Å². The van der Waals surface area contributed by atoms with Crippen molar-refractivity contribution in [2.75, 3.05) is 17.3 Å². The third-order valence-electron chi connectivity index (χ3n) is 6.79. The zero-order chi connectivity index (χ0) is 25.9. The fourth-order valence-corrected chi connectivity index (χ4v) is 5.24.